The van der Waals surface area contributed by atoms with Crippen LogP contribution in [0.1, 0.15) is 34.6 Å². The fraction of sp³-hybridized carbons (Fsp3) is 0.158. The minimum atomic E-state index is 0.0139. The largest absolute Gasteiger partial charge is 0.362 e. The Morgan fingerprint density at radius 3 is 1.52 bits per heavy atom. The Morgan fingerprint density at radius 1 is 0.562 bits per heavy atom. The predicted molar refractivity (Wildman–Crippen MR) is 196 cm³/mol. The molecule has 0 aliphatic carbocycles. The summed E-state index contributed by atoms with van der Waals surface area (Å²) in [4.78, 5) is 24.0. The van der Waals surface area contributed by atoms with Crippen LogP contribution in [-0.2, 0) is 22.9 Å². The van der Waals surface area contributed by atoms with Crippen LogP contribution < -0.4 is 0 Å². The second-order valence-electron chi connectivity index (χ2n) is 10.8. The van der Waals surface area contributed by atoms with E-state index in [-0.39, 0.29) is 11.6 Å². The monoisotopic (exact) mass is 768 g/mol. The summed E-state index contributed by atoms with van der Waals surface area (Å²) in [5.41, 5.74) is 8.30. The maximum atomic E-state index is 12.0. The Hall–Kier alpha value is -4.48. The first-order chi connectivity index (χ1) is 23.3. The van der Waals surface area contributed by atoms with Crippen LogP contribution in [0.4, 0.5) is 0 Å². The standard InChI is InChI=1S/2C19H17BrN2O2/c1-13(23)15-10-6-7-11-16(15)18-17(20)19(22(21-18)12-24-2)14-8-4-3-5-9-14;1-13(23)15-10-6-7-11-16(15)19-17(20)18(21-22(19)12-24-2)14-8-4-3-5-9-14/h2*3-11H,12H2,1-2H3. The molecule has 0 aliphatic rings. The predicted octanol–water partition coefficient (Wildman–Crippen LogP) is 9.57. The Balaban J connectivity index is 0.000000188. The molecule has 0 spiro atoms. The van der Waals surface area contributed by atoms with Crippen molar-refractivity contribution in [2.75, 3.05) is 14.2 Å². The van der Waals surface area contributed by atoms with Crippen molar-refractivity contribution in [3.63, 3.8) is 0 Å². The number of ketones is 2. The smallest absolute Gasteiger partial charge is 0.160 e. The molecular weight excluding hydrogens is 736 g/mol. The molecule has 0 radical (unpaired) electrons. The van der Waals surface area contributed by atoms with E-state index in [4.69, 9.17) is 9.47 Å². The summed E-state index contributed by atoms with van der Waals surface area (Å²) in [5, 5.41) is 9.36. The number of hydrogen-bond donors (Lipinski definition) is 0. The molecule has 2 aromatic heterocycles. The Bertz CT molecular complexity index is 2040. The van der Waals surface area contributed by atoms with Crippen molar-refractivity contribution in [2.45, 2.75) is 27.3 Å². The molecule has 0 saturated heterocycles. The lowest BCUT2D eigenvalue weighted by atomic mass is 10.0. The summed E-state index contributed by atoms with van der Waals surface area (Å²) < 4.78 is 15.8. The van der Waals surface area contributed by atoms with Crippen molar-refractivity contribution in [3.8, 4) is 45.0 Å². The van der Waals surface area contributed by atoms with Gasteiger partial charge < -0.3 is 9.47 Å². The quantitative estimate of drug-likeness (QED) is 0.129. The molecule has 0 fully saturated rings. The summed E-state index contributed by atoms with van der Waals surface area (Å²) in [7, 11) is 3.26. The van der Waals surface area contributed by atoms with Crippen LogP contribution in [0.2, 0.25) is 0 Å². The maximum absolute atomic E-state index is 12.0. The van der Waals surface area contributed by atoms with Gasteiger partial charge in [-0.15, -0.1) is 0 Å². The zero-order valence-electron chi connectivity index (χ0n) is 27.0. The van der Waals surface area contributed by atoms with E-state index in [0.717, 1.165) is 54.0 Å². The summed E-state index contributed by atoms with van der Waals surface area (Å²) in [6.45, 7) is 3.76. The van der Waals surface area contributed by atoms with E-state index in [9.17, 15) is 9.59 Å². The lowest BCUT2D eigenvalue weighted by Crippen LogP contribution is -2.06. The Morgan fingerprint density at radius 2 is 0.979 bits per heavy atom. The van der Waals surface area contributed by atoms with Crippen molar-refractivity contribution in [1.82, 2.24) is 19.6 Å². The molecule has 0 saturated carbocycles. The first kappa shape index (κ1) is 34.8. The van der Waals surface area contributed by atoms with E-state index >= 15 is 0 Å². The number of Topliss-reactive ketones (excluding diaryl/α,β-unsaturated/α-hetero) is 2. The normalized spacial score (nSPS) is 10.8. The van der Waals surface area contributed by atoms with Gasteiger partial charge in [0.05, 0.1) is 20.3 Å². The zero-order valence-corrected chi connectivity index (χ0v) is 30.2. The van der Waals surface area contributed by atoms with Crippen LogP contribution in [0.3, 0.4) is 0 Å². The summed E-state index contributed by atoms with van der Waals surface area (Å²) in [5.74, 6) is 0.0315. The lowest BCUT2D eigenvalue weighted by molar-refractivity contribution is 0.100. The molecular formula is C38H34Br2N4O4. The zero-order chi connectivity index (χ0) is 34.2. The minimum absolute atomic E-state index is 0.0139. The minimum Gasteiger partial charge on any atom is -0.362 e. The van der Waals surface area contributed by atoms with Crippen LogP contribution in [-0.4, -0.2) is 45.3 Å². The van der Waals surface area contributed by atoms with E-state index in [2.05, 4.69) is 42.1 Å². The average Bonchev–Trinajstić information content (AvgIpc) is 3.61. The van der Waals surface area contributed by atoms with E-state index in [0.29, 0.717) is 24.6 Å². The molecule has 48 heavy (non-hydrogen) atoms. The topological polar surface area (TPSA) is 88.2 Å². The first-order valence-corrected chi connectivity index (χ1v) is 16.7. The highest BCUT2D eigenvalue weighted by atomic mass is 79.9. The fourth-order valence-corrected chi connectivity index (χ4v) is 6.84. The molecule has 0 atom stereocenters. The number of rotatable bonds is 10. The molecule has 0 unspecified atom stereocenters. The third kappa shape index (κ3) is 7.47. The van der Waals surface area contributed by atoms with Gasteiger partial charge in [-0.1, -0.05) is 109 Å². The fourth-order valence-electron chi connectivity index (χ4n) is 5.39. The third-order valence-electron chi connectivity index (χ3n) is 7.51. The summed E-state index contributed by atoms with van der Waals surface area (Å²) in [6, 6.07) is 34.9. The van der Waals surface area contributed by atoms with E-state index in [1.165, 1.54) is 0 Å². The first-order valence-electron chi connectivity index (χ1n) is 15.1. The van der Waals surface area contributed by atoms with Gasteiger partial charge >= 0.3 is 0 Å². The van der Waals surface area contributed by atoms with E-state index < -0.39 is 0 Å². The maximum Gasteiger partial charge on any atom is 0.160 e. The molecule has 2 heterocycles. The van der Waals surface area contributed by atoms with Crippen LogP contribution in [0.5, 0.6) is 0 Å². The molecule has 244 valence electrons. The van der Waals surface area contributed by atoms with Crippen LogP contribution >= 0.6 is 31.9 Å². The van der Waals surface area contributed by atoms with Crippen molar-refractivity contribution < 1.29 is 19.1 Å². The highest BCUT2D eigenvalue weighted by Gasteiger charge is 2.23. The highest BCUT2D eigenvalue weighted by Crippen LogP contribution is 2.39. The average molecular weight is 771 g/mol. The molecule has 8 nitrogen and oxygen atoms in total. The van der Waals surface area contributed by atoms with Crippen molar-refractivity contribution in [3.05, 3.63) is 129 Å². The number of benzene rings is 4. The molecule has 0 aliphatic heterocycles. The number of ether oxygens (including phenoxy) is 2. The van der Waals surface area contributed by atoms with E-state index in [1.807, 2.05) is 109 Å². The van der Waals surface area contributed by atoms with Crippen LogP contribution in [0.25, 0.3) is 45.0 Å². The van der Waals surface area contributed by atoms with Gasteiger partial charge in [0.1, 0.15) is 24.8 Å². The molecule has 6 rings (SSSR count). The second kappa shape index (κ2) is 16.1. The van der Waals surface area contributed by atoms with Crippen LogP contribution in [0, 0.1) is 0 Å². The van der Waals surface area contributed by atoms with Gasteiger partial charge in [-0.05, 0) is 45.7 Å². The molecule has 0 N–H and O–H groups in total. The number of nitrogens with zero attached hydrogens (tertiary/aromatic N) is 4. The van der Waals surface area contributed by atoms with Crippen molar-refractivity contribution in [1.29, 1.82) is 0 Å². The second-order valence-corrected chi connectivity index (χ2v) is 12.4. The van der Waals surface area contributed by atoms with Gasteiger partial charge in [-0.2, -0.15) is 10.2 Å². The Labute approximate surface area is 296 Å². The number of hydrogen-bond acceptors (Lipinski definition) is 6. The van der Waals surface area contributed by atoms with Crippen molar-refractivity contribution >= 4 is 43.4 Å². The van der Waals surface area contributed by atoms with Crippen molar-refractivity contribution in [2.24, 2.45) is 0 Å². The number of aromatic nitrogens is 4. The summed E-state index contributed by atoms with van der Waals surface area (Å²) >= 11 is 7.36. The van der Waals surface area contributed by atoms with Gasteiger partial charge in [0.25, 0.3) is 0 Å². The molecule has 10 heteroatoms. The molecule has 0 bridgehead atoms. The Kier molecular flexibility index (Phi) is 11.7. The number of methoxy groups -OCH3 is 2. The highest BCUT2D eigenvalue weighted by molar-refractivity contribution is 9.11. The lowest BCUT2D eigenvalue weighted by Gasteiger charge is -2.10. The van der Waals surface area contributed by atoms with Gasteiger partial charge in [-0.3, -0.25) is 9.59 Å². The SMILES string of the molecule is COCn1nc(-c2ccccc2)c(Br)c1-c1ccccc1C(C)=O.COCn1nc(-c2ccccc2C(C)=O)c(Br)c1-c1ccccc1. The summed E-state index contributed by atoms with van der Waals surface area (Å²) in [6.07, 6.45) is 0. The van der Waals surface area contributed by atoms with Gasteiger partial charge in [0.2, 0.25) is 0 Å². The van der Waals surface area contributed by atoms with E-state index in [1.54, 1.807) is 37.4 Å². The van der Waals surface area contributed by atoms with Gasteiger partial charge in [0.15, 0.2) is 11.6 Å². The van der Waals surface area contributed by atoms with Gasteiger partial charge in [0, 0.05) is 47.6 Å². The molecule has 4 aromatic carbocycles. The third-order valence-corrected chi connectivity index (χ3v) is 9.01. The number of carbonyl (C=O) groups excluding carboxylic acids is 2. The molecule has 6 aromatic rings. The van der Waals surface area contributed by atoms with Gasteiger partial charge in [-0.25, -0.2) is 9.36 Å². The number of carbonyl (C=O) groups is 2. The molecule has 0 amide bonds. The van der Waals surface area contributed by atoms with Crippen LogP contribution in [0.15, 0.2) is 118 Å². The number of halogens is 2.